The van der Waals surface area contributed by atoms with E-state index in [2.05, 4.69) is 14.7 Å². The Kier molecular flexibility index (Phi) is 12.3. The number of rotatable bonds is 13. The van der Waals surface area contributed by atoms with Gasteiger partial charge in [0.25, 0.3) is 0 Å². The molecule has 0 bridgehead atoms. The molecule has 220 valence electrons. The van der Waals surface area contributed by atoms with Crippen LogP contribution in [0.5, 0.6) is 0 Å². The molecule has 0 saturated carbocycles. The maximum atomic E-state index is 12.1. The van der Waals surface area contributed by atoms with E-state index in [-0.39, 0.29) is 6.42 Å². The highest BCUT2D eigenvalue weighted by Gasteiger charge is 2.63. The van der Waals surface area contributed by atoms with Crippen molar-refractivity contribution in [3.05, 3.63) is 0 Å². The third-order valence-electron chi connectivity index (χ3n) is 5.57. The molecule has 2 fully saturated rings. The Morgan fingerprint density at radius 3 is 1.88 bits per heavy atom. The maximum absolute atomic E-state index is 12.1. The van der Waals surface area contributed by atoms with Crippen molar-refractivity contribution in [3.63, 3.8) is 0 Å². The first-order valence-electron chi connectivity index (χ1n) is 11.9. The highest BCUT2D eigenvalue weighted by molar-refractivity contribution is 5.67. The van der Waals surface area contributed by atoms with Crippen LogP contribution in [0.25, 0.3) is 0 Å². The molecule has 9 unspecified atom stereocenters. The molecule has 0 aromatic carbocycles. The second-order valence-corrected chi connectivity index (χ2v) is 8.37. The number of hydrogen-bond donors (Lipinski definition) is 0. The van der Waals surface area contributed by atoms with Gasteiger partial charge >= 0.3 is 17.9 Å². The summed E-state index contributed by atoms with van der Waals surface area (Å²) >= 11 is 0. The number of esters is 3. The average Bonchev–Trinajstić information content (AvgIpc) is 3.12. The number of ether oxygens (including phenoxy) is 6. The predicted octanol–water partition coefficient (Wildman–Crippen LogP) is 0.402. The number of carbonyl (C=O) groups is 3. The van der Waals surface area contributed by atoms with E-state index >= 15 is 0 Å². The van der Waals surface area contributed by atoms with Gasteiger partial charge in [-0.2, -0.15) is 14.7 Å². The second kappa shape index (κ2) is 15.1. The summed E-state index contributed by atoms with van der Waals surface area (Å²) in [4.78, 5) is 65.5. The maximum Gasteiger partial charge on any atom is 0.303 e. The van der Waals surface area contributed by atoms with Gasteiger partial charge in [0.05, 0.1) is 12.2 Å². The minimum absolute atomic E-state index is 0.235. The summed E-state index contributed by atoms with van der Waals surface area (Å²) in [6.07, 6.45) is 10.9. The molecule has 0 spiro atoms. The molecule has 9 atom stereocenters. The van der Waals surface area contributed by atoms with E-state index in [0.29, 0.717) is 0 Å². The number of hydrogen-bond acceptors (Lipinski definition) is 15. The fraction of sp³-hybridized carbons (Fsp3) is 0.640. The first-order chi connectivity index (χ1) is 19.0. The van der Waals surface area contributed by atoms with Crippen LogP contribution in [0.2, 0.25) is 0 Å². The summed E-state index contributed by atoms with van der Waals surface area (Å²) in [5, 5.41) is 0. The summed E-state index contributed by atoms with van der Waals surface area (Å²) in [5.41, 5.74) is 0. The van der Waals surface area contributed by atoms with Gasteiger partial charge in [-0.25, -0.2) is 0 Å². The fourth-order valence-electron chi connectivity index (χ4n) is 4.22. The molecule has 40 heavy (non-hydrogen) atoms. The zero-order chi connectivity index (χ0) is 29.9. The fourth-order valence-corrected chi connectivity index (χ4v) is 4.22. The van der Waals surface area contributed by atoms with Crippen LogP contribution < -0.4 is 0 Å². The standard InChI is InChI=1S/C25H30O15/c1-9-18-20(40-31-12-4)21(33-15(6)26)22(34-16(7)27)24(36-18)38-25(13-32-29-10-2)23(35-17(8)28)19(14(5)37-25)39-30-11-3/h2-4,14,18-24H,9,13H2,1,5-8H3. The normalized spacial score (nSPS) is 32.9. The highest BCUT2D eigenvalue weighted by Crippen LogP contribution is 2.41. The van der Waals surface area contributed by atoms with Gasteiger partial charge in [0, 0.05) is 20.8 Å². The summed E-state index contributed by atoms with van der Waals surface area (Å²) in [6, 6.07) is 0. The molecule has 2 rings (SSSR count). The van der Waals surface area contributed by atoms with Crippen LogP contribution >= 0.6 is 0 Å². The van der Waals surface area contributed by atoms with Crippen LogP contribution in [0.3, 0.4) is 0 Å². The van der Waals surface area contributed by atoms with E-state index in [0.717, 1.165) is 20.8 Å². The van der Waals surface area contributed by atoms with Crippen LogP contribution in [0.15, 0.2) is 0 Å². The molecule has 0 radical (unpaired) electrons. The second-order valence-electron chi connectivity index (χ2n) is 8.37. The SMILES string of the molecule is C#COOCC1(OC2OC(CC)C(OOC#C)C(OC(C)=O)C2OC(C)=O)OC(C)C(OOC#C)C1OC(C)=O. The van der Waals surface area contributed by atoms with E-state index in [1.54, 1.807) is 13.0 Å². The van der Waals surface area contributed by atoms with Gasteiger partial charge in [-0.3, -0.25) is 29.0 Å². The number of terminal acetylenes is 3. The topological polar surface area (TPSA) is 162 Å². The number of carbonyl (C=O) groups excluding carboxylic acids is 3. The molecule has 15 nitrogen and oxygen atoms in total. The zero-order valence-electron chi connectivity index (χ0n) is 22.4. The Bertz CT molecular complexity index is 1010. The molecule has 15 heteroatoms. The lowest BCUT2D eigenvalue weighted by Gasteiger charge is -2.46. The van der Waals surface area contributed by atoms with Crippen LogP contribution in [-0.4, -0.2) is 79.3 Å². The molecular weight excluding hydrogens is 540 g/mol. The average molecular weight is 571 g/mol. The van der Waals surface area contributed by atoms with Crippen LogP contribution in [0.4, 0.5) is 0 Å². The molecule has 0 aromatic rings. The van der Waals surface area contributed by atoms with Crippen molar-refractivity contribution in [2.45, 2.75) is 95.8 Å². The van der Waals surface area contributed by atoms with Crippen molar-refractivity contribution < 1.29 is 72.1 Å². The summed E-state index contributed by atoms with van der Waals surface area (Å²) in [6.45, 7) is 5.91. The molecular formula is C25H30O15. The minimum Gasteiger partial charge on any atom is -0.455 e. The third-order valence-corrected chi connectivity index (χ3v) is 5.57. The quantitative estimate of drug-likeness (QED) is 0.0746. The molecule has 2 heterocycles. The summed E-state index contributed by atoms with van der Waals surface area (Å²) in [5.74, 6) is -4.48. The van der Waals surface area contributed by atoms with Gasteiger partial charge in [-0.05, 0) is 13.3 Å². The van der Waals surface area contributed by atoms with E-state index in [4.69, 9.17) is 62.4 Å². The van der Waals surface area contributed by atoms with Gasteiger partial charge in [0.2, 0.25) is 12.1 Å². The van der Waals surface area contributed by atoms with Gasteiger partial charge in [-0.1, -0.05) is 26.2 Å². The predicted molar refractivity (Wildman–Crippen MR) is 125 cm³/mol. The Labute approximate surface area is 230 Å². The van der Waals surface area contributed by atoms with E-state index in [1.807, 2.05) is 12.2 Å². The Hall–Kier alpha value is -3.75. The lowest BCUT2D eigenvalue weighted by atomic mass is 9.96. The Balaban J connectivity index is 2.60. The molecule has 0 aromatic heterocycles. The lowest BCUT2D eigenvalue weighted by molar-refractivity contribution is -0.419. The lowest BCUT2D eigenvalue weighted by Crippen LogP contribution is -2.64. The Morgan fingerprint density at radius 2 is 1.35 bits per heavy atom. The van der Waals surface area contributed by atoms with Crippen LogP contribution in [0.1, 0.15) is 41.0 Å². The van der Waals surface area contributed by atoms with Crippen molar-refractivity contribution in [3.8, 4) is 37.6 Å². The summed E-state index contributed by atoms with van der Waals surface area (Å²) in [7, 11) is 0. The first kappa shape index (κ1) is 32.5. The molecule has 2 aliphatic rings. The molecule has 0 aliphatic carbocycles. The molecule has 2 saturated heterocycles. The largest absolute Gasteiger partial charge is 0.455 e. The third kappa shape index (κ3) is 8.13. The van der Waals surface area contributed by atoms with E-state index in [1.165, 1.54) is 6.92 Å². The van der Waals surface area contributed by atoms with Crippen molar-refractivity contribution in [2.24, 2.45) is 0 Å². The van der Waals surface area contributed by atoms with Crippen molar-refractivity contribution >= 4 is 17.9 Å². The molecule has 0 N–H and O–H groups in total. The van der Waals surface area contributed by atoms with Gasteiger partial charge in [0.1, 0.15) is 0 Å². The van der Waals surface area contributed by atoms with Gasteiger partial charge < -0.3 is 28.4 Å². The zero-order valence-corrected chi connectivity index (χ0v) is 22.4. The smallest absolute Gasteiger partial charge is 0.303 e. The van der Waals surface area contributed by atoms with Crippen LogP contribution in [-0.2, 0) is 72.1 Å². The molecule has 0 amide bonds. The highest BCUT2D eigenvalue weighted by atomic mass is 17.2. The van der Waals surface area contributed by atoms with Crippen molar-refractivity contribution in [1.29, 1.82) is 0 Å². The van der Waals surface area contributed by atoms with E-state index in [9.17, 15) is 14.4 Å². The molecule has 2 aliphatic heterocycles. The van der Waals surface area contributed by atoms with E-state index < -0.39 is 79.3 Å². The van der Waals surface area contributed by atoms with Crippen molar-refractivity contribution in [1.82, 2.24) is 0 Å². The van der Waals surface area contributed by atoms with Crippen LogP contribution in [0, 0.1) is 37.6 Å². The monoisotopic (exact) mass is 570 g/mol. The first-order valence-corrected chi connectivity index (χ1v) is 11.9. The minimum atomic E-state index is -2.12. The van der Waals surface area contributed by atoms with Gasteiger partial charge in [0.15, 0.2) is 55.4 Å². The summed E-state index contributed by atoms with van der Waals surface area (Å²) < 4.78 is 34.6. The van der Waals surface area contributed by atoms with Gasteiger partial charge in [-0.15, -0.1) is 0 Å². The van der Waals surface area contributed by atoms with Crippen molar-refractivity contribution in [2.75, 3.05) is 6.61 Å². The Morgan fingerprint density at radius 1 is 0.800 bits per heavy atom.